The molecule has 29 heavy (non-hydrogen) atoms. The van der Waals surface area contributed by atoms with Crippen LogP contribution in [0.3, 0.4) is 0 Å². The zero-order valence-corrected chi connectivity index (χ0v) is 17.7. The SMILES string of the molecule is C=C(CC(NS(=O)(=O)c1ccc(C)cc1)c1ccco1)C(=O)OCC(C)(C)CO. The van der Waals surface area contributed by atoms with Gasteiger partial charge in [0.15, 0.2) is 0 Å². The molecular weight excluding hydrogens is 394 g/mol. The van der Waals surface area contributed by atoms with E-state index in [1.165, 1.54) is 18.4 Å². The number of nitrogens with one attached hydrogen (secondary N) is 1. The predicted octanol–water partition coefficient (Wildman–Crippen LogP) is 3.12. The summed E-state index contributed by atoms with van der Waals surface area (Å²) in [7, 11) is -3.85. The molecule has 1 aromatic heterocycles. The minimum absolute atomic E-state index is 0.0157. The zero-order valence-electron chi connectivity index (χ0n) is 16.8. The Hall–Kier alpha value is -2.42. The Morgan fingerprint density at radius 2 is 1.93 bits per heavy atom. The van der Waals surface area contributed by atoms with E-state index in [1.807, 2.05) is 6.92 Å². The van der Waals surface area contributed by atoms with E-state index in [9.17, 15) is 18.3 Å². The standard InChI is InChI=1S/C21H27NO6S/c1-15-7-9-17(10-8-15)29(25,26)22-18(19-6-5-11-27-19)12-16(2)20(24)28-14-21(3,4)13-23/h5-11,18,22-23H,2,12-14H2,1,3-4H3. The van der Waals surface area contributed by atoms with Gasteiger partial charge in [0.25, 0.3) is 0 Å². The molecule has 1 heterocycles. The summed E-state index contributed by atoms with van der Waals surface area (Å²) < 4.78 is 38.7. The molecule has 0 saturated carbocycles. The van der Waals surface area contributed by atoms with Gasteiger partial charge in [-0.3, -0.25) is 0 Å². The fraction of sp³-hybridized carbons (Fsp3) is 0.381. The molecule has 1 atom stereocenters. The Morgan fingerprint density at radius 1 is 1.28 bits per heavy atom. The largest absolute Gasteiger partial charge is 0.468 e. The molecule has 0 spiro atoms. The monoisotopic (exact) mass is 421 g/mol. The van der Waals surface area contributed by atoms with Gasteiger partial charge in [0.05, 0.1) is 30.4 Å². The smallest absolute Gasteiger partial charge is 0.333 e. The second-order valence-corrected chi connectivity index (χ2v) is 9.42. The fourth-order valence-electron chi connectivity index (χ4n) is 2.40. The average molecular weight is 422 g/mol. The van der Waals surface area contributed by atoms with Crippen LogP contribution in [-0.4, -0.2) is 32.7 Å². The van der Waals surface area contributed by atoms with Gasteiger partial charge in [0, 0.05) is 17.4 Å². The molecule has 0 aliphatic rings. The molecule has 8 heteroatoms. The van der Waals surface area contributed by atoms with Gasteiger partial charge in [-0.1, -0.05) is 38.1 Å². The van der Waals surface area contributed by atoms with Gasteiger partial charge in [0.1, 0.15) is 5.76 Å². The molecule has 2 aromatic rings. The van der Waals surface area contributed by atoms with Crippen LogP contribution in [0, 0.1) is 12.3 Å². The molecular formula is C21H27NO6S. The van der Waals surface area contributed by atoms with Crippen molar-refractivity contribution in [3.8, 4) is 0 Å². The number of carbonyl (C=O) groups excluding carboxylic acids is 1. The van der Waals surface area contributed by atoms with Crippen LogP contribution >= 0.6 is 0 Å². The van der Waals surface area contributed by atoms with Gasteiger partial charge in [-0.15, -0.1) is 0 Å². The highest BCUT2D eigenvalue weighted by molar-refractivity contribution is 7.89. The summed E-state index contributed by atoms with van der Waals surface area (Å²) in [4.78, 5) is 12.4. The summed E-state index contributed by atoms with van der Waals surface area (Å²) >= 11 is 0. The third-order valence-corrected chi connectivity index (χ3v) is 5.76. The molecule has 2 N–H and O–H groups in total. The van der Waals surface area contributed by atoms with Crippen LogP contribution in [-0.2, 0) is 19.6 Å². The van der Waals surface area contributed by atoms with Crippen molar-refractivity contribution in [3.05, 3.63) is 66.1 Å². The molecule has 0 bridgehead atoms. The van der Waals surface area contributed by atoms with Gasteiger partial charge in [-0.05, 0) is 31.2 Å². The Bertz CT molecular complexity index is 930. The lowest BCUT2D eigenvalue weighted by molar-refractivity contribution is -0.143. The summed E-state index contributed by atoms with van der Waals surface area (Å²) in [5.41, 5.74) is 0.448. The van der Waals surface area contributed by atoms with Crippen molar-refractivity contribution in [2.24, 2.45) is 5.41 Å². The van der Waals surface area contributed by atoms with E-state index in [2.05, 4.69) is 11.3 Å². The molecule has 0 aliphatic heterocycles. The first kappa shape index (κ1) is 22.9. The van der Waals surface area contributed by atoms with Gasteiger partial charge in [0.2, 0.25) is 10.0 Å². The van der Waals surface area contributed by atoms with Crippen LogP contribution in [0.15, 0.2) is 64.1 Å². The topological polar surface area (TPSA) is 106 Å². The van der Waals surface area contributed by atoms with Gasteiger partial charge >= 0.3 is 5.97 Å². The van der Waals surface area contributed by atoms with Crippen molar-refractivity contribution in [1.29, 1.82) is 0 Å². The molecule has 0 saturated heterocycles. The van der Waals surface area contributed by atoms with Crippen LogP contribution in [0.25, 0.3) is 0 Å². The summed E-state index contributed by atoms with van der Waals surface area (Å²) in [6, 6.07) is 8.85. The van der Waals surface area contributed by atoms with E-state index in [0.29, 0.717) is 5.76 Å². The maximum atomic E-state index is 12.8. The Kier molecular flexibility index (Phi) is 7.40. The normalized spacial score (nSPS) is 13.1. The second kappa shape index (κ2) is 9.39. The van der Waals surface area contributed by atoms with Crippen molar-refractivity contribution in [2.75, 3.05) is 13.2 Å². The molecule has 0 fully saturated rings. The molecule has 1 aromatic carbocycles. The number of rotatable bonds is 10. The highest BCUT2D eigenvalue weighted by atomic mass is 32.2. The van der Waals surface area contributed by atoms with Gasteiger partial charge in [-0.2, -0.15) is 0 Å². The number of aliphatic hydroxyl groups excluding tert-OH is 1. The number of sulfonamides is 1. The molecule has 0 aliphatic carbocycles. The minimum atomic E-state index is -3.85. The van der Waals surface area contributed by atoms with Gasteiger partial charge in [-0.25, -0.2) is 17.9 Å². The van der Waals surface area contributed by atoms with E-state index in [4.69, 9.17) is 9.15 Å². The van der Waals surface area contributed by atoms with Crippen LogP contribution in [0.5, 0.6) is 0 Å². The van der Waals surface area contributed by atoms with E-state index in [-0.39, 0.29) is 30.1 Å². The van der Waals surface area contributed by atoms with Gasteiger partial charge < -0.3 is 14.3 Å². The van der Waals surface area contributed by atoms with Crippen molar-refractivity contribution in [2.45, 2.75) is 38.1 Å². The number of benzene rings is 1. The lowest BCUT2D eigenvalue weighted by Gasteiger charge is -2.22. The van der Waals surface area contributed by atoms with E-state index < -0.39 is 27.4 Å². The minimum Gasteiger partial charge on any atom is -0.468 e. The zero-order chi connectivity index (χ0) is 21.7. The summed E-state index contributed by atoms with van der Waals surface area (Å²) in [5, 5.41) is 9.27. The number of hydrogen-bond acceptors (Lipinski definition) is 6. The Morgan fingerprint density at radius 3 is 2.48 bits per heavy atom. The first-order valence-corrected chi connectivity index (χ1v) is 10.6. The molecule has 2 rings (SSSR count). The molecule has 0 amide bonds. The highest BCUT2D eigenvalue weighted by Crippen LogP contribution is 2.25. The third kappa shape index (κ3) is 6.56. The lowest BCUT2D eigenvalue weighted by atomic mass is 9.96. The maximum absolute atomic E-state index is 12.8. The average Bonchev–Trinajstić information content (AvgIpc) is 3.20. The molecule has 0 radical (unpaired) electrons. The number of esters is 1. The number of aliphatic hydroxyl groups is 1. The third-order valence-electron chi connectivity index (χ3n) is 4.28. The molecule has 1 unspecified atom stereocenters. The number of aryl methyl sites for hydroxylation is 1. The lowest BCUT2D eigenvalue weighted by Crippen LogP contribution is -2.30. The predicted molar refractivity (Wildman–Crippen MR) is 109 cm³/mol. The first-order chi connectivity index (χ1) is 13.5. The number of carbonyl (C=O) groups is 1. The maximum Gasteiger partial charge on any atom is 0.333 e. The van der Waals surface area contributed by atoms with Crippen LogP contribution in [0.4, 0.5) is 0 Å². The Balaban J connectivity index is 2.14. The summed E-state index contributed by atoms with van der Waals surface area (Å²) in [6.07, 6.45) is 1.39. The molecule has 158 valence electrons. The van der Waals surface area contributed by atoms with Crippen molar-refractivity contribution in [1.82, 2.24) is 4.72 Å². The Labute approximate surface area is 171 Å². The quantitative estimate of drug-likeness (QED) is 0.451. The van der Waals surface area contributed by atoms with E-state index >= 15 is 0 Å². The highest BCUT2D eigenvalue weighted by Gasteiger charge is 2.27. The summed E-state index contributed by atoms with van der Waals surface area (Å²) in [6.45, 7) is 8.98. The number of furan rings is 1. The fourth-order valence-corrected chi connectivity index (χ4v) is 3.61. The molecule has 7 nitrogen and oxygen atoms in total. The number of ether oxygens (including phenoxy) is 1. The second-order valence-electron chi connectivity index (χ2n) is 7.71. The van der Waals surface area contributed by atoms with Crippen molar-refractivity contribution < 1.29 is 27.5 Å². The van der Waals surface area contributed by atoms with Crippen LogP contribution in [0.1, 0.15) is 37.6 Å². The summed E-state index contributed by atoms with van der Waals surface area (Å²) in [5.74, 6) is -0.303. The van der Waals surface area contributed by atoms with Crippen molar-refractivity contribution >= 4 is 16.0 Å². The van der Waals surface area contributed by atoms with E-state index in [0.717, 1.165) is 5.56 Å². The first-order valence-electron chi connectivity index (χ1n) is 9.12. The number of hydrogen-bond donors (Lipinski definition) is 2. The van der Waals surface area contributed by atoms with Crippen LogP contribution in [0.2, 0.25) is 0 Å². The van der Waals surface area contributed by atoms with E-state index in [1.54, 1.807) is 38.1 Å². The van der Waals surface area contributed by atoms with Crippen LogP contribution < -0.4 is 4.72 Å². The van der Waals surface area contributed by atoms with Crippen molar-refractivity contribution in [3.63, 3.8) is 0 Å².